The van der Waals surface area contributed by atoms with Crippen LogP contribution in [0.4, 0.5) is 0 Å². The van der Waals surface area contributed by atoms with Gasteiger partial charge in [0.05, 0.1) is 44.0 Å². The van der Waals surface area contributed by atoms with Crippen molar-refractivity contribution in [1.82, 2.24) is 9.55 Å². The molecule has 46 heavy (non-hydrogen) atoms. The van der Waals surface area contributed by atoms with Gasteiger partial charge in [-0.2, -0.15) is 0 Å². The van der Waals surface area contributed by atoms with Crippen molar-refractivity contribution in [3.63, 3.8) is 0 Å². The fraction of sp³-hybridized carbons (Fsp3) is 0.324. The highest BCUT2D eigenvalue weighted by Crippen LogP contribution is 2.42. The molecule has 0 amide bonds. The maximum Gasteiger partial charge on any atom is 0.290 e. The van der Waals surface area contributed by atoms with Gasteiger partial charge in [-0.15, -0.1) is 0 Å². The molecule has 0 bridgehead atoms. The number of pyridine rings is 2. The topological polar surface area (TPSA) is 120 Å². The van der Waals surface area contributed by atoms with Crippen LogP contribution in [0.25, 0.3) is 32.9 Å². The van der Waals surface area contributed by atoms with Crippen LogP contribution in [0.3, 0.4) is 0 Å². The predicted molar refractivity (Wildman–Crippen MR) is 182 cm³/mol. The number of hydrogen-bond acceptors (Lipinski definition) is 7. The van der Waals surface area contributed by atoms with Crippen molar-refractivity contribution in [3.05, 3.63) is 93.4 Å². The van der Waals surface area contributed by atoms with E-state index < -0.39 is 5.60 Å². The normalized spacial score (nSPS) is 11.9. The van der Waals surface area contributed by atoms with Crippen LogP contribution in [0, 0.1) is 6.92 Å². The van der Waals surface area contributed by atoms with Crippen molar-refractivity contribution in [2.24, 2.45) is 0 Å². The molecule has 5 aromatic rings. The molecule has 9 nitrogen and oxygen atoms in total. The second-order valence-electron chi connectivity index (χ2n) is 12.0. The maximum absolute atomic E-state index is 13.3. The lowest BCUT2D eigenvalue weighted by Gasteiger charge is -2.22. The highest BCUT2D eigenvalue weighted by atomic mass is 16.5. The maximum atomic E-state index is 13.3. The molecule has 2 aromatic heterocycles. The Kier molecular flexibility index (Phi) is 10.7. The van der Waals surface area contributed by atoms with Gasteiger partial charge in [0.15, 0.2) is 0 Å². The van der Waals surface area contributed by atoms with Crippen LogP contribution < -0.4 is 19.8 Å². The van der Waals surface area contributed by atoms with Gasteiger partial charge in [-0.3, -0.25) is 14.6 Å². The Labute approximate surface area is 269 Å². The number of fused-ring (bicyclic) bond motifs is 1. The molecule has 1 aliphatic rings. The van der Waals surface area contributed by atoms with Gasteiger partial charge < -0.3 is 29.0 Å². The van der Waals surface area contributed by atoms with Gasteiger partial charge in [-0.25, -0.2) is 0 Å². The third kappa shape index (κ3) is 7.49. The number of methoxy groups -OCH3 is 2. The summed E-state index contributed by atoms with van der Waals surface area (Å²) >= 11 is 0. The molecular weight excluding hydrogens is 584 g/mol. The lowest BCUT2D eigenvalue weighted by Crippen LogP contribution is -2.20. The highest BCUT2D eigenvalue weighted by Gasteiger charge is 2.22. The van der Waals surface area contributed by atoms with Crippen LogP contribution >= 0.6 is 0 Å². The number of hydrogen-bond donors (Lipinski definition) is 2. The molecule has 0 atom stereocenters. The molecule has 0 unspecified atom stereocenters. The third-order valence-electron chi connectivity index (χ3n) is 7.57. The van der Waals surface area contributed by atoms with Gasteiger partial charge >= 0.3 is 0 Å². The molecule has 0 saturated heterocycles. The van der Waals surface area contributed by atoms with E-state index in [-0.39, 0.29) is 12.0 Å². The summed E-state index contributed by atoms with van der Waals surface area (Å²) in [6.45, 7) is 10.4. The van der Waals surface area contributed by atoms with Gasteiger partial charge in [-0.05, 0) is 104 Å². The fourth-order valence-electron chi connectivity index (χ4n) is 5.78. The Bertz CT molecular complexity index is 1880. The van der Waals surface area contributed by atoms with Gasteiger partial charge in [0, 0.05) is 41.1 Å². The average molecular weight is 627 g/mol. The van der Waals surface area contributed by atoms with E-state index in [0.29, 0.717) is 24.7 Å². The minimum Gasteiger partial charge on any atom is -0.497 e. The van der Waals surface area contributed by atoms with Crippen LogP contribution in [0.15, 0.2) is 65.6 Å². The number of aliphatic hydroxyl groups is 1. The van der Waals surface area contributed by atoms with Gasteiger partial charge in [0.1, 0.15) is 17.2 Å². The van der Waals surface area contributed by atoms with E-state index in [1.165, 1.54) is 11.1 Å². The van der Waals surface area contributed by atoms with E-state index in [9.17, 15) is 4.79 Å². The Hall–Kier alpha value is -4.89. The first-order valence-corrected chi connectivity index (χ1v) is 15.2. The van der Waals surface area contributed by atoms with Crippen molar-refractivity contribution < 1.29 is 29.2 Å². The monoisotopic (exact) mass is 626 g/mol. The molecule has 0 fully saturated rings. The SMILES string of the molecule is CC(C)(C)O.CCc1c(C)cc2c(ccc(=O)n2Cc2cc(OC)cc(OC)c2)c1-c1ccc2c3c(ccnc13)CCO2.O=CO. The van der Waals surface area contributed by atoms with Gasteiger partial charge in [-0.1, -0.05) is 6.92 Å². The van der Waals surface area contributed by atoms with Crippen molar-refractivity contribution in [2.45, 2.75) is 59.6 Å². The Morgan fingerprint density at radius 3 is 2.28 bits per heavy atom. The Balaban J connectivity index is 0.000000541. The predicted octanol–water partition coefficient (Wildman–Crippen LogP) is 6.57. The quantitative estimate of drug-likeness (QED) is 0.203. The zero-order chi connectivity index (χ0) is 33.6. The lowest BCUT2D eigenvalue weighted by molar-refractivity contribution is -0.122. The summed E-state index contributed by atoms with van der Waals surface area (Å²) in [6, 6.07) is 17.8. The van der Waals surface area contributed by atoms with E-state index in [4.69, 9.17) is 34.2 Å². The number of nitrogens with zero attached hydrogens (tertiary/aromatic N) is 2. The summed E-state index contributed by atoms with van der Waals surface area (Å²) in [5.41, 5.74) is 8.05. The van der Waals surface area contributed by atoms with Crippen molar-refractivity contribution in [3.8, 4) is 28.4 Å². The van der Waals surface area contributed by atoms with Gasteiger partial charge in [0.25, 0.3) is 12.0 Å². The first kappa shape index (κ1) is 34.0. The van der Waals surface area contributed by atoms with Crippen LogP contribution in [-0.4, -0.2) is 52.7 Å². The molecule has 0 saturated carbocycles. The number of ether oxygens (including phenoxy) is 3. The Morgan fingerprint density at radius 1 is 1.02 bits per heavy atom. The van der Waals surface area contributed by atoms with Crippen molar-refractivity contribution in [2.75, 3.05) is 20.8 Å². The summed E-state index contributed by atoms with van der Waals surface area (Å²) in [5, 5.41) is 17.5. The minimum atomic E-state index is -0.500. The van der Waals surface area contributed by atoms with E-state index in [2.05, 4.69) is 38.1 Å². The number of benzene rings is 3. The first-order chi connectivity index (χ1) is 21.9. The first-order valence-electron chi connectivity index (χ1n) is 15.2. The summed E-state index contributed by atoms with van der Waals surface area (Å²) in [6.07, 6.45) is 3.63. The second kappa shape index (κ2) is 14.5. The zero-order valence-electron chi connectivity index (χ0n) is 27.5. The summed E-state index contributed by atoms with van der Waals surface area (Å²) in [7, 11) is 3.26. The van der Waals surface area contributed by atoms with E-state index in [0.717, 1.165) is 62.7 Å². The van der Waals surface area contributed by atoms with Crippen molar-refractivity contribution in [1.29, 1.82) is 0 Å². The van der Waals surface area contributed by atoms with Gasteiger partial charge in [0.2, 0.25) is 0 Å². The zero-order valence-corrected chi connectivity index (χ0v) is 27.5. The van der Waals surface area contributed by atoms with Crippen LogP contribution in [0.2, 0.25) is 0 Å². The number of rotatable bonds is 6. The highest BCUT2D eigenvalue weighted by molar-refractivity contribution is 6.07. The molecule has 0 aliphatic carbocycles. The standard InChI is InChI=1S/C32H30N2O4.C4H10O.CH2O2/c1-5-24-19(2)14-27-25(7-9-29(35)34(27)18-20-15-22(36-3)17-23(16-20)37-4)31(24)26-6-8-28-30-21(11-13-38-28)10-12-33-32(26)30;1-4(2,3)5;2-1-3/h6-10,12,14-17H,5,11,13,18H2,1-4H3;5H,1-3H3;1H,(H,2,3). The number of aromatic nitrogens is 2. The fourth-order valence-corrected chi connectivity index (χ4v) is 5.78. The van der Waals surface area contributed by atoms with Crippen molar-refractivity contribution >= 4 is 28.3 Å². The summed E-state index contributed by atoms with van der Waals surface area (Å²) < 4.78 is 18.8. The lowest BCUT2D eigenvalue weighted by atomic mass is 9.88. The summed E-state index contributed by atoms with van der Waals surface area (Å²) in [4.78, 5) is 26.5. The molecule has 0 radical (unpaired) electrons. The van der Waals surface area contributed by atoms with E-state index in [1.54, 1.807) is 41.1 Å². The van der Waals surface area contributed by atoms with Crippen LogP contribution in [0.1, 0.15) is 49.9 Å². The molecule has 2 N–H and O–H groups in total. The number of carboxylic acid groups (broad SMARTS) is 1. The second-order valence-corrected chi connectivity index (χ2v) is 12.0. The molecule has 3 heterocycles. The number of carbonyl (C=O) groups is 1. The molecule has 6 rings (SSSR count). The van der Waals surface area contributed by atoms with E-state index in [1.807, 2.05) is 35.0 Å². The van der Waals surface area contributed by atoms with E-state index >= 15 is 0 Å². The molecular formula is C37H42N2O7. The molecule has 242 valence electrons. The molecule has 9 heteroatoms. The molecule has 3 aromatic carbocycles. The largest absolute Gasteiger partial charge is 0.497 e. The Morgan fingerprint density at radius 2 is 1.67 bits per heavy atom. The minimum absolute atomic E-state index is 0.0580. The average Bonchev–Trinajstić information content (AvgIpc) is 3.02. The molecule has 0 spiro atoms. The van der Waals surface area contributed by atoms with Crippen LogP contribution in [-0.2, 0) is 24.2 Å². The third-order valence-corrected chi connectivity index (χ3v) is 7.57. The molecule has 1 aliphatic heterocycles. The smallest absolute Gasteiger partial charge is 0.290 e. The van der Waals surface area contributed by atoms with Crippen LogP contribution in [0.5, 0.6) is 17.2 Å². The summed E-state index contributed by atoms with van der Waals surface area (Å²) in [5.74, 6) is 2.27. The number of aryl methyl sites for hydroxylation is 1.